The van der Waals surface area contributed by atoms with Crippen molar-refractivity contribution in [1.29, 1.82) is 0 Å². The van der Waals surface area contributed by atoms with Gasteiger partial charge in [0.2, 0.25) is 17.5 Å². The molecule has 0 aliphatic rings. The van der Waals surface area contributed by atoms with E-state index >= 15 is 0 Å². The summed E-state index contributed by atoms with van der Waals surface area (Å²) >= 11 is 1.41. The normalized spacial score (nSPS) is 11.3. The molecule has 0 saturated carbocycles. The molecule has 0 N–H and O–H groups in total. The summed E-state index contributed by atoms with van der Waals surface area (Å²) < 4.78 is 14.3. The molecule has 0 spiro atoms. The van der Waals surface area contributed by atoms with Gasteiger partial charge in [0.25, 0.3) is 5.56 Å². The van der Waals surface area contributed by atoms with E-state index in [9.17, 15) is 4.79 Å². The molecule has 2 aromatic carbocycles. The van der Waals surface area contributed by atoms with Crippen LogP contribution in [0, 0.1) is 0 Å². The Morgan fingerprint density at radius 2 is 1.97 bits per heavy atom. The molecular weight excluding hydrogens is 440 g/mol. The highest BCUT2D eigenvalue weighted by Crippen LogP contribution is 2.26. The maximum absolute atomic E-state index is 12.9. The van der Waals surface area contributed by atoms with E-state index in [0.717, 1.165) is 16.8 Å². The predicted molar refractivity (Wildman–Crippen MR) is 125 cm³/mol. The van der Waals surface area contributed by atoms with Crippen LogP contribution >= 0.6 is 11.8 Å². The Morgan fingerprint density at radius 3 is 2.76 bits per heavy atom. The lowest BCUT2D eigenvalue weighted by atomic mass is 10.2. The number of fused-ring (bicyclic) bond motifs is 3. The van der Waals surface area contributed by atoms with Crippen molar-refractivity contribution in [1.82, 2.24) is 29.3 Å². The number of hydrogen-bond donors (Lipinski definition) is 0. The molecule has 5 aromatic rings. The molecular formula is C23H20N6O3S. The molecule has 9 nitrogen and oxygen atoms in total. The minimum atomic E-state index is -0.126. The van der Waals surface area contributed by atoms with Crippen LogP contribution in [0.5, 0.6) is 5.75 Å². The van der Waals surface area contributed by atoms with Crippen molar-refractivity contribution in [3.8, 4) is 17.1 Å². The zero-order chi connectivity index (χ0) is 22.8. The number of hydrogen-bond acceptors (Lipinski definition) is 8. The highest BCUT2D eigenvalue weighted by molar-refractivity contribution is 7.98. The van der Waals surface area contributed by atoms with Crippen LogP contribution in [0.2, 0.25) is 0 Å². The zero-order valence-corrected chi connectivity index (χ0v) is 18.7. The Kier molecular flexibility index (Phi) is 5.66. The third-order valence-corrected chi connectivity index (χ3v) is 5.92. The molecule has 33 heavy (non-hydrogen) atoms. The molecule has 0 bridgehead atoms. The zero-order valence-electron chi connectivity index (χ0n) is 17.8. The monoisotopic (exact) mass is 460 g/mol. The topological polar surface area (TPSA) is 100 Å². The smallest absolute Gasteiger partial charge is 0.263 e. The lowest BCUT2D eigenvalue weighted by molar-refractivity contribution is 0.340. The number of aromatic nitrogens is 6. The van der Waals surface area contributed by atoms with Crippen LogP contribution in [0.4, 0.5) is 0 Å². The molecule has 10 heteroatoms. The number of nitrogens with zero attached hydrogens (tertiary/aromatic N) is 6. The molecule has 0 aliphatic heterocycles. The number of allylic oxidation sites excluding steroid dienone is 1. The summed E-state index contributed by atoms with van der Waals surface area (Å²) in [5.74, 6) is 2.62. The first-order valence-corrected chi connectivity index (χ1v) is 11.3. The molecule has 0 atom stereocenters. The summed E-state index contributed by atoms with van der Waals surface area (Å²) in [7, 11) is 0. The highest BCUT2D eigenvalue weighted by atomic mass is 32.2. The van der Waals surface area contributed by atoms with E-state index in [-0.39, 0.29) is 5.56 Å². The van der Waals surface area contributed by atoms with Crippen molar-refractivity contribution in [2.45, 2.75) is 24.4 Å². The molecule has 0 fully saturated rings. The first-order chi connectivity index (χ1) is 16.2. The van der Waals surface area contributed by atoms with Gasteiger partial charge in [-0.25, -0.2) is 0 Å². The fraction of sp³-hybridized carbons (Fsp3) is 0.174. The van der Waals surface area contributed by atoms with Gasteiger partial charge in [-0.05, 0) is 43.3 Å². The molecule has 3 aromatic heterocycles. The van der Waals surface area contributed by atoms with Crippen LogP contribution in [0.1, 0.15) is 12.8 Å². The van der Waals surface area contributed by atoms with Crippen molar-refractivity contribution in [2.75, 3.05) is 6.61 Å². The van der Waals surface area contributed by atoms with Crippen molar-refractivity contribution >= 4 is 28.4 Å². The van der Waals surface area contributed by atoms with E-state index in [4.69, 9.17) is 9.26 Å². The van der Waals surface area contributed by atoms with E-state index in [1.54, 1.807) is 16.7 Å². The summed E-state index contributed by atoms with van der Waals surface area (Å²) in [4.78, 5) is 17.4. The van der Waals surface area contributed by atoms with Gasteiger partial charge < -0.3 is 9.26 Å². The molecule has 5 rings (SSSR count). The average molecular weight is 461 g/mol. The third kappa shape index (κ3) is 3.89. The van der Waals surface area contributed by atoms with E-state index in [1.807, 2.05) is 53.8 Å². The first-order valence-electron chi connectivity index (χ1n) is 10.4. The lowest BCUT2D eigenvalue weighted by Crippen LogP contribution is -2.22. The second-order valence-corrected chi connectivity index (χ2v) is 8.04. The summed E-state index contributed by atoms with van der Waals surface area (Å²) in [5, 5.41) is 13.9. The fourth-order valence-electron chi connectivity index (χ4n) is 3.54. The molecule has 3 heterocycles. The van der Waals surface area contributed by atoms with Gasteiger partial charge in [0.1, 0.15) is 5.75 Å². The number of benzene rings is 2. The van der Waals surface area contributed by atoms with Gasteiger partial charge in [0.05, 0.1) is 23.3 Å². The maximum Gasteiger partial charge on any atom is 0.263 e. The Morgan fingerprint density at radius 1 is 1.15 bits per heavy atom. The van der Waals surface area contributed by atoms with E-state index < -0.39 is 0 Å². The number of para-hydroxylation sites is 1. The van der Waals surface area contributed by atoms with E-state index in [2.05, 4.69) is 26.9 Å². The maximum atomic E-state index is 12.9. The fourth-order valence-corrected chi connectivity index (χ4v) is 4.32. The van der Waals surface area contributed by atoms with Crippen LogP contribution in [0.15, 0.2) is 75.7 Å². The summed E-state index contributed by atoms with van der Waals surface area (Å²) in [6.45, 7) is 6.64. The standard InChI is InChI=1S/C23H20N6O3S/c1-3-13-28-21(30)17-7-5-6-8-18(17)29-22(28)25-26-23(29)33-14-19-24-20(27-32-19)15-9-11-16(12-10-15)31-4-2/h3,5-12H,1,4,13-14H2,2H3. The quantitative estimate of drug-likeness (QED) is 0.253. The van der Waals surface area contributed by atoms with Crippen molar-refractivity contribution in [2.24, 2.45) is 0 Å². The minimum Gasteiger partial charge on any atom is -0.494 e. The van der Waals surface area contributed by atoms with Gasteiger partial charge in [0, 0.05) is 12.1 Å². The Balaban J connectivity index is 1.44. The Labute approximate surface area is 192 Å². The van der Waals surface area contributed by atoms with Gasteiger partial charge in [-0.3, -0.25) is 13.8 Å². The van der Waals surface area contributed by atoms with Gasteiger partial charge in [-0.2, -0.15) is 4.98 Å². The highest BCUT2D eigenvalue weighted by Gasteiger charge is 2.17. The lowest BCUT2D eigenvalue weighted by Gasteiger charge is -2.09. The first kappa shape index (κ1) is 21.0. The molecule has 0 unspecified atom stereocenters. The van der Waals surface area contributed by atoms with Crippen LogP contribution in [0.3, 0.4) is 0 Å². The SMILES string of the molecule is C=CCn1c(=O)c2ccccc2n2c(SCc3nc(-c4ccc(OCC)cc4)no3)nnc12. The van der Waals surface area contributed by atoms with Gasteiger partial charge in [-0.15, -0.1) is 16.8 Å². The van der Waals surface area contributed by atoms with Crippen LogP contribution in [0.25, 0.3) is 28.1 Å². The summed E-state index contributed by atoms with van der Waals surface area (Å²) in [6.07, 6.45) is 1.67. The molecule has 166 valence electrons. The van der Waals surface area contributed by atoms with Crippen molar-refractivity contribution in [3.05, 3.63) is 77.4 Å². The third-order valence-electron chi connectivity index (χ3n) is 5.01. The molecule has 0 radical (unpaired) electrons. The Hall–Kier alpha value is -3.92. The number of ether oxygens (including phenoxy) is 1. The summed E-state index contributed by atoms with van der Waals surface area (Å²) in [5.41, 5.74) is 1.45. The molecule has 0 aliphatic carbocycles. The predicted octanol–water partition coefficient (Wildman–Crippen LogP) is 3.97. The van der Waals surface area contributed by atoms with Crippen LogP contribution in [-0.4, -0.2) is 35.9 Å². The average Bonchev–Trinajstić information content (AvgIpc) is 3.49. The van der Waals surface area contributed by atoms with Crippen LogP contribution in [-0.2, 0) is 12.3 Å². The van der Waals surface area contributed by atoms with E-state index in [1.165, 1.54) is 11.8 Å². The molecule has 0 amide bonds. The van der Waals surface area contributed by atoms with Gasteiger partial charge in [-0.1, -0.05) is 35.1 Å². The molecule has 0 saturated heterocycles. The minimum absolute atomic E-state index is 0.126. The van der Waals surface area contributed by atoms with E-state index in [0.29, 0.717) is 46.9 Å². The second-order valence-electron chi connectivity index (χ2n) is 7.10. The van der Waals surface area contributed by atoms with Gasteiger partial charge in [0.15, 0.2) is 5.16 Å². The summed E-state index contributed by atoms with van der Waals surface area (Å²) in [6, 6.07) is 14.9. The number of rotatable bonds is 8. The largest absolute Gasteiger partial charge is 0.494 e. The second kappa shape index (κ2) is 8.91. The van der Waals surface area contributed by atoms with Crippen molar-refractivity contribution < 1.29 is 9.26 Å². The van der Waals surface area contributed by atoms with Gasteiger partial charge >= 0.3 is 0 Å². The van der Waals surface area contributed by atoms with Crippen LogP contribution < -0.4 is 10.3 Å². The van der Waals surface area contributed by atoms with Crippen molar-refractivity contribution in [3.63, 3.8) is 0 Å². The Bertz CT molecular complexity index is 1500. The number of thioether (sulfide) groups is 1.